The highest BCUT2D eigenvalue weighted by Crippen LogP contribution is 2.44. The molecule has 0 saturated carbocycles. The smallest absolute Gasteiger partial charge is 0.253 e. The van der Waals surface area contributed by atoms with Gasteiger partial charge in [0.2, 0.25) is 0 Å². The van der Waals surface area contributed by atoms with E-state index in [0.29, 0.717) is 0 Å². The third kappa shape index (κ3) is 2.27. The van der Waals surface area contributed by atoms with Gasteiger partial charge in [0, 0.05) is 5.57 Å². The van der Waals surface area contributed by atoms with E-state index in [1.54, 1.807) is 0 Å². The van der Waals surface area contributed by atoms with Crippen LogP contribution in [0.3, 0.4) is 0 Å². The van der Waals surface area contributed by atoms with Crippen molar-refractivity contribution in [2.75, 3.05) is 0 Å². The van der Waals surface area contributed by atoms with Crippen LogP contribution < -0.4 is 0 Å². The summed E-state index contributed by atoms with van der Waals surface area (Å²) in [6.45, 7) is 4.03. The van der Waals surface area contributed by atoms with Gasteiger partial charge in [-0.05, 0) is 25.0 Å². The number of hydrogen-bond donors (Lipinski definition) is 0. The summed E-state index contributed by atoms with van der Waals surface area (Å²) in [7, 11) is 0. The maximum Gasteiger partial charge on any atom is 0.253 e. The van der Waals surface area contributed by atoms with Crippen LogP contribution in [0.2, 0.25) is 0 Å². The second-order valence-corrected chi connectivity index (χ2v) is 5.36. The van der Waals surface area contributed by atoms with Gasteiger partial charge in [-0.25, -0.2) is 0 Å². The Hall–Kier alpha value is -2.35. The lowest BCUT2D eigenvalue weighted by atomic mass is 9.85. The van der Waals surface area contributed by atoms with Gasteiger partial charge in [0.15, 0.2) is 0 Å². The minimum Gasteiger partial charge on any atom is -0.321 e. The molecule has 2 atom stereocenters. The molecule has 0 spiro atoms. The highest BCUT2D eigenvalue weighted by atomic mass is 16.2. The Balaban J connectivity index is 1.96. The lowest BCUT2D eigenvalue weighted by Crippen LogP contribution is -2.50. The molecule has 0 unspecified atom stereocenters. The number of amides is 1. The van der Waals surface area contributed by atoms with E-state index in [-0.39, 0.29) is 18.0 Å². The molecule has 3 rings (SSSR count). The van der Waals surface area contributed by atoms with E-state index in [4.69, 9.17) is 0 Å². The summed E-state index contributed by atoms with van der Waals surface area (Å²) >= 11 is 0. The van der Waals surface area contributed by atoms with Crippen LogP contribution in [0.4, 0.5) is 0 Å². The molecule has 21 heavy (non-hydrogen) atoms. The molecular weight excluding hydrogens is 258 g/mol. The van der Waals surface area contributed by atoms with Crippen molar-refractivity contribution in [2.24, 2.45) is 0 Å². The van der Waals surface area contributed by atoms with Gasteiger partial charge in [-0.15, -0.1) is 0 Å². The molecule has 0 aromatic heterocycles. The summed E-state index contributed by atoms with van der Waals surface area (Å²) in [5, 5.41) is 0. The predicted molar refractivity (Wildman–Crippen MR) is 84.6 cm³/mol. The monoisotopic (exact) mass is 277 g/mol. The molecular formula is C19H19NO. The zero-order valence-corrected chi connectivity index (χ0v) is 12.4. The van der Waals surface area contributed by atoms with Gasteiger partial charge in [-0.2, -0.15) is 0 Å². The second-order valence-electron chi connectivity index (χ2n) is 5.36. The van der Waals surface area contributed by atoms with Crippen LogP contribution in [0.1, 0.15) is 37.1 Å². The van der Waals surface area contributed by atoms with Crippen molar-refractivity contribution in [1.29, 1.82) is 0 Å². The highest BCUT2D eigenvalue weighted by Gasteiger charge is 2.44. The van der Waals surface area contributed by atoms with Crippen LogP contribution in [-0.2, 0) is 4.79 Å². The molecule has 0 N–H and O–H groups in total. The lowest BCUT2D eigenvalue weighted by Gasteiger charge is -2.47. The van der Waals surface area contributed by atoms with E-state index in [2.05, 4.69) is 31.2 Å². The number of carbonyl (C=O) groups is 1. The molecule has 0 bridgehead atoms. The Labute approximate surface area is 125 Å². The van der Waals surface area contributed by atoms with Crippen molar-refractivity contribution in [1.82, 2.24) is 4.90 Å². The van der Waals surface area contributed by atoms with Crippen molar-refractivity contribution >= 4 is 5.91 Å². The molecule has 2 heteroatoms. The molecule has 0 radical (unpaired) electrons. The van der Waals surface area contributed by atoms with Crippen LogP contribution in [0.25, 0.3) is 0 Å². The van der Waals surface area contributed by atoms with Crippen LogP contribution in [0.15, 0.2) is 72.3 Å². The Morgan fingerprint density at radius 1 is 1.00 bits per heavy atom. The van der Waals surface area contributed by atoms with Gasteiger partial charge >= 0.3 is 0 Å². The minimum absolute atomic E-state index is 0.0684. The van der Waals surface area contributed by atoms with Crippen LogP contribution >= 0.6 is 0 Å². The van der Waals surface area contributed by atoms with Crippen LogP contribution in [0, 0.1) is 0 Å². The Bertz CT molecular complexity index is 660. The number of rotatable bonds is 3. The first-order valence-corrected chi connectivity index (χ1v) is 7.32. The first-order chi connectivity index (χ1) is 10.2. The predicted octanol–water partition coefficient (Wildman–Crippen LogP) is 4.28. The van der Waals surface area contributed by atoms with E-state index in [0.717, 1.165) is 5.57 Å². The number of hydrogen-bond acceptors (Lipinski definition) is 1. The molecule has 1 amide bonds. The molecule has 1 aliphatic heterocycles. The highest BCUT2D eigenvalue weighted by molar-refractivity contribution is 6.02. The topological polar surface area (TPSA) is 20.3 Å². The number of nitrogens with zero attached hydrogens (tertiary/aromatic N) is 1. The van der Waals surface area contributed by atoms with Gasteiger partial charge in [0.1, 0.15) is 0 Å². The van der Waals surface area contributed by atoms with Gasteiger partial charge in [0.25, 0.3) is 5.91 Å². The molecule has 2 aromatic rings. The third-order valence-corrected chi connectivity index (χ3v) is 4.18. The summed E-state index contributed by atoms with van der Waals surface area (Å²) in [6, 6.07) is 20.6. The Kier molecular flexibility index (Phi) is 3.61. The molecule has 2 aromatic carbocycles. The van der Waals surface area contributed by atoms with Gasteiger partial charge < -0.3 is 4.90 Å². The number of likely N-dealkylation sites (tertiary alicyclic amines) is 1. The first-order valence-electron chi connectivity index (χ1n) is 7.32. The minimum atomic E-state index is 0.0684. The zero-order valence-electron chi connectivity index (χ0n) is 12.4. The van der Waals surface area contributed by atoms with Crippen LogP contribution in [0.5, 0.6) is 0 Å². The van der Waals surface area contributed by atoms with E-state index in [1.807, 2.05) is 54.3 Å². The zero-order chi connectivity index (χ0) is 14.8. The molecule has 106 valence electrons. The van der Waals surface area contributed by atoms with Crippen molar-refractivity contribution in [2.45, 2.75) is 25.9 Å². The average Bonchev–Trinajstić information content (AvgIpc) is 2.54. The molecule has 1 fully saturated rings. The normalized spacial score (nSPS) is 21.2. The fourth-order valence-electron chi connectivity index (χ4n) is 3.02. The standard InChI is InChI=1S/C19H19NO/c1-3-17-18(16-12-8-5-9-13-16)20(19(17)21)14(2)15-10-6-4-7-11-15/h3-14,18H,1-2H3/b17-3+/t14-,18+/m1/s1. The average molecular weight is 277 g/mol. The van der Waals surface area contributed by atoms with Crippen molar-refractivity contribution in [3.63, 3.8) is 0 Å². The number of allylic oxidation sites excluding steroid dienone is 1. The fourth-order valence-corrected chi connectivity index (χ4v) is 3.02. The van der Waals surface area contributed by atoms with Gasteiger partial charge in [-0.3, -0.25) is 4.79 Å². The van der Waals surface area contributed by atoms with E-state index in [1.165, 1.54) is 11.1 Å². The summed E-state index contributed by atoms with van der Waals surface area (Å²) in [4.78, 5) is 14.4. The maximum atomic E-state index is 12.4. The van der Waals surface area contributed by atoms with Gasteiger partial charge in [-0.1, -0.05) is 66.7 Å². The number of benzene rings is 2. The molecule has 2 nitrogen and oxygen atoms in total. The number of carbonyl (C=O) groups excluding carboxylic acids is 1. The molecule has 1 saturated heterocycles. The van der Waals surface area contributed by atoms with E-state index >= 15 is 0 Å². The van der Waals surface area contributed by atoms with E-state index < -0.39 is 0 Å². The molecule has 0 aliphatic carbocycles. The van der Waals surface area contributed by atoms with E-state index in [9.17, 15) is 4.79 Å². The summed E-state index contributed by atoms with van der Waals surface area (Å²) in [6.07, 6.45) is 1.94. The summed E-state index contributed by atoms with van der Waals surface area (Å²) in [5.74, 6) is 0.141. The largest absolute Gasteiger partial charge is 0.321 e. The molecule has 1 aliphatic rings. The summed E-state index contributed by atoms with van der Waals surface area (Å²) < 4.78 is 0. The van der Waals surface area contributed by atoms with Crippen molar-refractivity contribution in [3.8, 4) is 0 Å². The van der Waals surface area contributed by atoms with Crippen molar-refractivity contribution in [3.05, 3.63) is 83.4 Å². The number of β-lactam (4-membered cyclic amide) rings is 1. The molecule has 1 heterocycles. The van der Waals surface area contributed by atoms with Gasteiger partial charge in [0.05, 0.1) is 12.1 Å². The fraction of sp³-hybridized carbons (Fsp3) is 0.211. The summed E-state index contributed by atoms with van der Waals surface area (Å²) in [5.41, 5.74) is 3.24. The second kappa shape index (κ2) is 5.57. The Morgan fingerprint density at radius 2 is 1.57 bits per heavy atom. The first kappa shape index (κ1) is 13.6. The third-order valence-electron chi connectivity index (χ3n) is 4.18. The lowest BCUT2D eigenvalue weighted by molar-refractivity contribution is -0.140. The van der Waals surface area contributed by atoms with Crippen LogP contribution in [-0.4, -0.2) is 10.8 Å². The van der Waals surface area contributed by atoms with Crippen molar-refractivity contribution < 1.29 is 4.79 Å². The Morgan fingerprint density at radius 3 is 2.14 bits per heavy atom. The quantitative estimate of drug-likeness (QED) is 0.606. The maximum absolute atomic E-state index is 12.4. The SMILES string of the molecule is C/C=C1/C(=O)N([C@H](C)c2ccccc2)[C@H]1c1ccccc1.